The molecule has 2 aromatic heterocycles. The number of thiophene rings is 1. The molecule has 36 heavy (non-hydrogen) atoms. The maximum atomic E-state index is 12.8. The molecule has 0 saturated heterocycles. The van der Waals surface area contributed by atoms with E-state index in [4.69, 9.17) is 9.47 Å². The molecule has 0 bridgehead atoms. The highest BCUT2D eigenvalue weighted by molar-refractivity contribution is 7.08. The van der Waals surface area contributed by atoms with Crippen LogP contribution in [0.3, 0.4) is 0 Å². The topological polar surface area (TPSA) is 136 Å². The first-order valence-electron chi connectivity index (χ1n) is 11.3. The lowest BCUT2D eigenvalue weighted by Gasteiger charge is -2.29. The van der Waals surface area contributed by atoms with E-state index in [9.17, 15) is 20.0 Å². The van der Waals surface area contributed by atoms with Crippen LogP contribution >= 0.6 is 11.3 Å². The zero-order chi connectivity index (χ0) is 25.3. The van der Waals surface area contributed by atoms with Gasteiger partial charge in [-0.15, -0.1) is 0 Å². The van der Waals surface area contributed by atoms with Crippen LogP contribution in [-0.2, 0) is 27.5 Å². The average molecular weight is 511 g/mol. The van der Waals surface area contributed by atoms with Crippen LogP contribution < -0.4 is 10.6 Å². The Morgan fingerprint density at radius 2 is 2.00 bits per heavy atom. The zero-order valence-corrected chi connectivity index (χ0v) is 20.1. The highest BCUT2D eigenvalue weighted by Crippen LogP contribution is 2.33. The Balaban J connectivity index is 1.32. The van der Waals surface area contributed by atoms with Crippen molar-refractivity contribution in [3.8, 4) is 0 Å². The molecule has 0 aliphatic carbocycles. The van der Waals surface area contributed by atoms with Crippen LogP contribution in [0.15, 0.2) is 71.3 Å². The zero-order valence-electron chi connectivity index (χ0n) is 19.3. The first kappa shape index (κ1) is 25.3. The van der Waals surface area contributed by atoms with Crippen molar-refractivity contribution in [2.24, 2.45) is 0 Å². The van der Waals surface area contributed by atoms with E-state index in [2.05, 4.69) is 15.6 Å². The number of nitro groups is 1. The van der Waals surface area contributed by atoms with Crippen molar-refractivity contribution in [2.45, 2.75) is 31.8 Å². The Bertz CT molecular complexity index is 1180. The SMILES string of the molecule is O=C(NCCNc1ccc([N+](=O)[O-])cn1)C1=C[C@H](c2ccsc2)C[C@H](OCc2ccc(CO)cc2)O1. The molecule has 0 unspecified atom stereocenters. The van der Waals surface area contributed by atoms with E-state index in [1.165, 1.54) is 18.3 Å². The van der Waals surface area contributed by atoms with Gasteiger partial charge in [0.15, 0.2) is 5.76 Å². The Morgan fingerprint density at radius 3 is 2.67 bits per heavy atom. The monoisotopic (exact) mass is 510 g/mol. The summed E-state index contributed by atoms with van der Waals surface area (Å²) in [5.41, 5.74) is 2.77. The number of anilines is 1. The lowest BCUT2D eigenvalue weighted by Crippen LogP contribution is -2.35. The third-order valence-corrected chi connectivity index (χ3v) is 6.27. The summed E-state index contributed by atoms with van der Waals surface area (Å²) in [5.74, 6) is 0.303. The van der Waals surface area contributed by atoms with E-state index < -0.39 is 11.2 Å². The second-order valence-corrected chi connectivity index (χ2v) is 8.88. The van der Waals surface area contributed by atoms with Gasteiger partial charge in [0.25, 0.3) is 11.6 Å². The fraction of sp³-hybridized carbons (Fsp3) is 0.280. The molecule has 3 heterocycles. The van der Waals surface area contributed by atoms with Crippen LogP contribution in [0.5, 0.6) is 0 Å². The Morgan fingerprint density at radius 1 is 1.19 bits per heavy atom. The summed E-state index contributed by atoms with van der Waals surface area (Å²) in [6.45, 7) is 0.970. The number of aromatic nitrogens is 1. The van der Waals surface area contributed by atoms with Crippen LogP contribution in [0.1, 0.15) is 29.0 Å². The first-order chi connectivity index (χ1) is 17.5. The number of hydrogen-bond acceptors (Lipinski definition) is 9. The van der Waals surface area contributed by atoms with Gasteiger partial charge in [0.05, 0.1) is 18.1 Å². The van der Waals surface area contributed by atoms with Gasteiger partial charge in [-0.3, -0.25) is 14.9 Å². The summed E-state index contributed by atoms with van der Waals surface area (Å²) >= 11 is 1.59. The Hall–Kier alpha value is -3.80. The molecule has 1 aromatic carbocycles. The van der Waals surface area contributed by atoms with E-state index in [1.807, 2.05) is 47.2 Å². The Labute approximate surface area is 211 Å². The number of aliphatic hydroxyl groups excluding tert-OH is 1. The summed E-state index contributed by atoms with van der Waals surface area (Å²) in [6.07, 6.45) is 2.97. The molecule has 188 valence electrons. The number of nitrogens with zero attached hydrogens (tertiary/aromatic N) is 2. The summed E-state index contributed by atoms with van der Waals surface area (Å²) in [5, 5.41) is 29.8. The lowest BCUT2D eigenvalue weighted by molar-refractivity contribution is -0.385. The number of carbonyl (C=O) groups is 1. The van der Waals surface area contributed by atoms with Gasteiger partial charge in [0.2, 0.25) is 6.29 Å². The van der Waals surface area contributed by atoms with E-state index >= 15 is 0 Å². The van der Waals surface area contributed by atoms with Gasteiger partial charge < -0.3 is 25.2 Å². The van der Waals surface area contributed by atoms with Crippen molar-refractivity contribution in [1.29, 1.82) is 0 Å². The van der Waals surface area contributed by atoms with Crippen molar-refractivity contribution in [3.63, 3.8) is 0 Å². The number of hydrogen-bond donors (Lipinski definition) is 3. The highest BCUT2D eigenvalue weighted by atomic mass is 32.1. The summed E-state index contributed by atoms with van der Waals surface area (Å²) in [7, 11) is 0. The molecule has 0 fully saturated rings. The molecule has 10 nitrogen and oxygen atoms in total. The minimum Gasteiger partial charge on any atom is -0.459 e. The quantitative estimate of drug-likeness (QED) is 0.202. The van der Waals surface area contributed by atoms with Crippen molar-refractivity contribution < 1.29 is 24.3 Å². The second kappa shape index (κ2) is 12.2. The van der Waals surface area contributed by atoms with Gasteiger partial charge in [-0.05, 0) is 45.7 Å². The predicted octanol–water partition coefficient (Wildman–Crippen LogP) is 3.70. The van der Waals surface area contributed by atoms with Gasteiger partial charge in [-0.1, -0.05) is 24.3 Å². The van der Waals surface area contributed by atoms with Crippen molar-refractivity contribution >= 4 is 28.7 Å². The molecule has 0 saturated carbocycles. The molecular formula is C25H26N4O6S. The van der Waals surface area contributed by atoms with E-state index in [1.54, 1.807) is 11.3 Å². The molecule has 11 heteroatoms. The fourth-order valence-corrected chi connectivity index (χ4v) is 4.34. The molecule has 1 amide bonds. The predicted molar refractivity (Wildman–Crippen MR) is 134 cm³/mol. The van der Waals surface area contributed by atoms with Gasteiger partial charge in [0.1, 0.15) is 12.0 Å². The van der Waals surface area contributed by atoms with Crippen molar-refractivity contribution in [3.05, 3.63) is 98.1 Å². The highest BCUT2D eigenvalue weighted by Gasteiger charge is 2.29. The van der Waals surface area contributed by atoms with Gasteiger partial charge in [-0.2, -0.15) is 11.3 Å². The molecule has 1 aliphatic heterocycles. The number of pyridine rings is 1. The first-order valence-corrected chi connectivity index (χ1v) is 12.3. The van der Waals surface area contributed by atoms with Crippen molar-refractivity contribution in [1.82, 2.24) is 10.3 Å². The summed E-state index contributed by atoms with van der Waals surface area (Å²) in [4.78, 5) is 27.0. The number of nitrogens with one attached hydrogen (secondary N) is 2. The Kier molecular flexibility index (Phi) is 8.61. The summed E-state index contributed by atoms with van der Waals surface area (Å²) in [6, 6.07) is 12.4. The molecule has 0 spiro atoms. The maximum Gasteiger partial charge on any atom is 0.287 e. The minimum absolute atomic E-state index is 0.0155. The number of carbonyl (C=O) groups excluding carboxylic acids is 1. The van der Waals surface area contributed by atoms with Crippen molar-refractivity contribution in [2.75, 3.05) is 18.4 Å². The van der Waals surface area contributed by atoms with E-state index in [-0.39, 0.29) is 29.9 Å². The second-order valence-electron chi connectivity index (χ2n) is 8.10. The standard InChI is InChI=1S/C25H26N4O6S/c30-14-17-1-3-18(4-2-17)15-34-24-12-20(19-7-10-36-16-19)11-22(35-24)25(31)27-9-8-26-23-6-5-21(13-28-23)29(32)33/h1-7,10-11,13,16,20,24,30H,8-9,12,14-15H2,(H,26,28)(H,27,31)/t20-,24+/m0/s1. The summed E-state index contributed by atoms with van der Waals surface area (Å²) < 4.78 is 11.9. The van der Waals surface area contributed by atoms with E-state index in [0.717, 1.165) is 16.7 Å². The third-order valence-electron chi connectivity index (χ3n) is 5.57. The molecule has 2 atom stereocenters. The van der Waals surface area contributed by atoms with Gasteiger partial charge >= 0.3 is 0 Å². The number of ether oxygens (including phenoxy) is 2. The number of rotatable bonds is 11. The minimum atomic E-state index is -0.597. The van der Waals surface area contributed by atoms with Crippen LogP contribution in [0.4, 0.5) is 11.5 Å². The fourth-order valence-electron chi connectivity index (χ4n) is 3.62. The van der Waals surface area contributed by atoms with Gasteiger partial charge in [0, 0.05) is 31.5 Å². The third kappa shape index (κ3) is 6.87. The van der Waals surface area contributed by atoms with Crippen LogP contribution in [0, 0.1) is 10.1 Å². The molecule has 4 rings (SSSR count). The van der Waals surface area contributed by atoms with E-state index in [0.29, 0.717) is 31.9 Å². The molecule has 0 radical (unpaired) electrons. The van der Waals surface area contributed by atoms with Crippen LogP contribution in [0.25, 0.3) is 0 Å². The number of amides is 1. The van der Waals surface area contributed by atoms with Crippen LogP contribution in [-0.4, -0.2) is 40.3 Å². The molecular weight excluding hydrogens is 484 g/mol. The molecule has 3 aromatic rings. The molecule has 1 aliphatic rings. The number of allylic oxidation sites excluding steroid dienone is 1. The molecule has 3 N–H and O–H groups in total. The normalized spacial score (nSPS) is 17.1. The number of aliphatic hydroxyl groups is 1. The average Bonchev–Trinajstić information content (AvgIpc) is 3.45. The smallest absolute Gasteiger partial charge is 0.287 e. The van der Waals surface area contributed by atoms with Gasteiger partial charge in [-0.25, -0.2) is 4.98 Å². The lowest BCUT2D eigenvalue weighted by atomic mass is 9.95. The maximum absolute atomic E-state index is 12.8. The van der Waals surface area contributed by atoms with Crippen LogP contribution in [0.2, 0.25) is 0 Å². The largest absolute Gasteiger partial charge is 0.459 e. The number of benzene rings is 1.